The summed E-state index contributed by atoms with van der Waals surface area (Å²) in [6.45, 7) is 0. The van der Waals surface area contributed by atoms with E-state index in [0.717, 1.165) is 0 Å². The van der Waals surface area contributed by atoms with Crippen LogP contribution in [0.4, 0.5) is 4.39 Å². The summed E-state index contributed by atoms with van der Waals surface area (Å²) in [6.07, 6.45) is 0.651. The minimum atomic E-state index is -0.904. The summed E-state index contributed by atoms with van der Waals surface area (Å²) in [5.41, 5.74) is 2.02. The highest BCUT2D eigenvalue weighted by Gasteiger charge is 2.17. The first-order valence-electron chi connectivity index (χ1n) is 4.62. The summed E-state index contributed by atoms with van der Waals surface area (Å²) >= 11 is 1.31. The lowest BCUT2D eigenvalue weighted by atomic mass is 10.1. The van der Waals surface area contributed by atoms with E-state index in [1.165, 1.54) is 36.6 Å². The molecule has 1 N–H and O–H groups in total. The first-order valence-corrected chi connectivity index (χ1v) is 5.50. The second-order valence-corrected chi connectivity index (χ2v) is 4.11. The van der Waals surface area contributed by atoms with Crippen molar-refractivity contribution in [1.82, 2.24) is 4.98 Å². The molecule has 0 aliphatic rings. The van der Waals surface area contributed by atoms with E-state index in [-0.39, 0.29) is 0 Å². The van der Waals surface area contributed by atoms with Gasteiger partial charge in [0.05, 0.1) is 17.5 Å². The summed E-state index contributed by atoms with van der Waals surface area (Å²) in [4.78, 5) is 4.53. The number of ether oxygens (including phenoxy) is 1. The molecule has 2 rings (SSSR count). The van der Waals surface area contributed by atoms with Crippen LogP contribution in [0, 0.1) is 5.82 Å². The maximum atomic E-state index is 13.1. The molecule has 1 aromatic heterocycles. The number of methoxy groups -OCH3 is 1. The van der Waals surface area contributed by atoms with Crippen molar-refractivity contribution in [2.45, 2.75) is 6.10 Å². The first-order chi connectivity index (χ1) is 7.72. The lowest BCUT2D eigenvalue weighted by Crippen LogP contribution is -2.01. The van der Waals surface area contributed by atoms with Gasteiger partial charge in [-0.3, -0.25) is 4.98 Å². The van der Waals surface area contributed by atoms with Crippen molar-refractivity contribution < 1.29 is 14.2 Å². The van der Waals surface area contributed by atoms with Crippen molar-refractivity contribution in [3.05, 3.63) is 46.2 Å². The lowest BCUT2D eigenvalue weighted by Gasteiger charge is -2.13. The molecule has 0 bridgehead atoms. The normalized spacial score (nSPS) is 12.4. The van der Waals surface area contributed by atoms with Crippen LogP contribution >= 0.6 is 11.3 Å². The van der Waals surface area contributed by atoms with Crippen molar-refractivity contribution in [1.29, 1.82) is 0 Å². The van der Waals surface area contributed by atoms with Crippen LogP contribution in [0.3, 0.4) is 0 Å². The summed E-state index contributed by atoms with van der Waals surface area (Å²) in [6, 6.07) is 4.06. The summed E-state index contributed by atoms with van der Waals surface area (Å²) in [5.74, 6) is 0.0571. The Morgan fingerprint density at radius 1 is 1.50 bits per heavy atom. The fourth-order valence-electron chi connectivity index (χ4n) is 1.43. The van der Waals surface area contributed by atoms with Crippen LogP contribution in [0.5, 0.6) is 5.75 Å². The molecule has 5 heteroatoms. The highest BCUT2D eigenvalue weighted by Crippen LogP contribution is 2.31. The molecule has 3 nitrogen and oxygen atoms in total. The molecule has 0 saturated heterocycles. The van der Waals surface area contributed by atoms with Crippen molar-refractivity contribution in [2.24, 2.45) is 0 Å². The fraction of sp³-hybridized carbons (Fsp3) is 0.182. The van der Waals surface area contributed by atoms with Gasteiger partial charge >= 0.3 is 0 Å². The number of halogens is 1. The Balaban J connectivity index is 2.42. The van der Waals surface area contributed by atoms with Gasteiger partial charge in [0.1, 0.15) is 17.7 Å². The Bertz CT molecular complexity index is 473. The Morgan fingerprint density at radius 2 is 2.31 bits per heavy atom. The van der Waals surface area contributed by atoms with Gasteiger partial charge in [-0.2, -0.15) is 0 Å². The Morgan fingerprint density at radius 3 is 2.94 bits per heavy atom. The third-order valence-electron chi connectivity index (χ3n) is 2.21. The molecule has 1 atom stereocenters. The number of hydrogen-bond donors (Lipinski definition) is 1. The van der Waals surface area contributed by atoms with Gasteiger partial charge in [-0.05, 0) is 18.2 Å². The van der Waals surface area contributed by atoms with Gasteiger partial charge in [-0.25, -0.2) is 4.39 Å². The Kier molecular flexibility index (Phi) is 3.17. The quantitative estimate of drug-likeness (QED) is 0.894. The van der Waals surface area contributed by atoms with Gasteiger partial charge in [0.25, 0.3) is 0 Å². The largest absolute Gasteiger partial charge is 0.496 e. The number of rotatable bonds is 3. The van der Waals surface area contributed by atoms with E-state index in [0.29, 0.717) is 16.2 Å². The van der Waals surface area contributed by atoms with Crippen LogP contribution in [0.15, 0.2) is 29.9 Å². The van der Waals surface area contributed by atoms with E-state index in [4.69, 9.17) is 4.74 Å². The van der Waals surface area contributed by atoms with Crippen molar-refractivity contribution in [2.75, 3.05) is 7.11 Å². The van der Waals surface area contributed by atoms with E-state index in [2.05, 4.69) is 4.98 Å². The maximum absolute atomic E-state index is 13.1. The minimum absolute atomic E-state index is 0.403. The predicted octanol–water partition coefficient (Wildman–Crippen LogP) is 2.37. The van der Waals surface area contributed by atoms with Crippen molar-refractivity contribution in [3.8, 4) is 5.75 Å². The van der Waals surface area contributed by atoms with Gasteiger partial charge in [0.2, 0.25) is 0 Å². The van der Waals surface area contributed by atoms with Crippen LogP contribution in [0.1, 0.15) is 16.5 Å². The zero-order valence-corrected chi connectivity index (χ0v) is 9.37. The number of thiazole rings is 1. The second kappa shape index (κ2) is 4.59. The molecule has 1 heterocycles. The highest BCUT2D eigenvalue weighted by molar-refractivity contribution is 7.09. The van der Waals surface area contributed by atoms with Gasteiger partial charge in [0, 0.05) is 11.8 Å². The Labute approximate surface area is 96.2 Å². The minimum Gasteiger partial charge on any atom is -0.496 e. The monoisotopic (exact) mass is 239 g/mol. The van der Waals surface area contributed by atoms with Crippen LogP contribution < -0.4 is 4.74 Å². The molecule has 84 valence electrons. The molecular weight excluding hydrogens is 229 g/mol. The van der Waals surface area contributed by atoms with Crippen LogP contribution in [-0.2, 0) is 0 Å². The third-order valence-corrected chi connectivity index (χ3v) is 3.04. The molecule has 0 saturated carbocycles. The molecule has 0 spiro atoms. The van der Waals surface area contributed by atoms with Crippen LogP contribution in [0.25, 0.3) is 0 Å². The van der Waals surface area contributed by atoms with Gasteiger partial charge in [-0.1, -0.05) is 0 Å². The molecular formula is C11H10FNO2S. The molecule has 16 heavy (non-hydrogen) atoms. The first kappa shape index (κ1) is 11.0. The number of benzene rings is 1. The number of nitrogens with zero attached hydrogens (tertiary/aromatic N) is 1. The van der Waals surface area contributed by atoms with E-state index in [1.807, 2.05) is 0 Å². The molecule has 0 aliphatic heterocycles. The summed E-state index contributed by atoms with van der Waals surface area (Å²) in [5, 5.41) is 10.0. The van der Waals surface area contributed by atoms with Gasteiger partial charge in [-0.15, -0.1) is 11.3 Å². The topological polar surface area (TPSA) is 42.4 Å². The molecule has 0 aliphatic carbocycles. The van der Waals surface area contributed by atoms with E-state index < -0.39 is 11.9 Å². The number of aliphatic hydroxyl groups is 1. The van der Waals surface area contributed by atoms with E-state index in [1.54, 1.807) is 11.7 Å². The number of hydrogen-bond acceptors (Lipinski definition) is 4. The molecule has 1 aromatic carbocycles. The van der Waals surface area contributed by atoms with Crippen molar-refractivity contribution >= 4 is 11.3 Å². The molecule has 1 unspecified atom stereocenters. The fourth-order valence-corrected chi connectivity index (χ4v) is 2.05. The molecule has 0 radical (unpaired) electrons. The molecule has 0 amide bonds. The average Bonchev–Trinajstić information content (AvgIpc) is 2.81. The zero-order valence-electron chi connectivity index (χ0n) is 8.55. The van der Waals surface area contributed by atoms with E-state index >= 15 is 0 Å². The number of aliphatic hydroxyl groups excluding tert-OH is 1. The predicted molar refractivity (Wildman–Crippen MR) is 59.1 cm³/mol. The maximum Gasteiger partial charge on any atom is 0.125 e. The lowest BCUT2D eigenvalue weighted by molar-refractivity contribution is 0.217. The summed E-state index contributed by atoms with van der Waals surface area (Å²) < 4.78 is 18.2. The van der Waals surface area contributed by atoms with Crippen LogP contribution in [0.2, 0.25) is 0 Å². The second-order valence-electron chi connectivity index (χ2n) is 3.19. The molecule has 0 fully saturated rings. The highest BCUT2D eigenvalue weighted by atomic mass is 32.1. The van der Waals surface area contributed by atoms with Crippen LogP contribution in [-0.4, -0.2) is 17.2 Å². The standard InChI is InChI=1S/C11H10FNO2S/c1-15-9-3-2-7(12)4-8(9)11(14)10-5-13-6-16-10/h2-6,11,14H,1H3. The SMILES string of the molecule is COc1ccc(F)cc1C(O)c1cncs1. The Hall–Kier alpha value is -1.46. The van der Waals surface area contributed by atoms with E-state index in [9.17, 15) is 9.50 Å². The summed E-state index contributed by atoms with van der Waals surface area (Å²) in [7, 11) is 1.48. The number of aromatic nitrogens is 1. The smallest absolute Gasteiger partial charge is 0.125 e. The third kappa shape index (κ3) is 2.05. The van der Waals surface area contributed by atoms with Gasteiger partial charge < -0.3 is 9.84 Å². The van der Waals surface area contributed by atoms with Gasteiger partial charge in [0.15, 0.2) is 0 Å². The van der Waals surface area contributed by atoms with Crippen molar-refractivity contribution in [3.63, 3.8) is 0 Å². The average molecular weight is 239 g/mol. The molecule has 2 aromatic rings. The zero-order chi connectivity index (χ0) is 11.5.